The molecule has 30 heavy (non-hydrogen) atoms. The third-order valence-electron chi connectivity index (χ3n) is 5.99. The lowest BCUT2D eigenvalue weighted by Gasteiger charge is -2.16. The first kappa shape index (κ1) is 20.7. The van der Waals surface area contributed by atoms with Crippen LogP contribution in [0.1, 0.15) is 43.4 Å². The number of hydrogen-bond donors (Lipinski definition) is 1. The van der Waals surface area contributed by atoms with Gasteiger partial charge in [0.2, 0.25) is 0 Å². The molecule has 2 heterocycles. The van der Waals surface area contributed by atoms with Crippen LogP contribution in [0.15, 0.2) is 45.7 Å². The van der Waals surface area contributed by atoms with E-state index in [0.717, 1.165) is 40.5 Å². The zero-order chi connectivity index (χ0) is 21.4. The molecule has 0 bridgehead atoms. The van der Waals surface area contributed by atoms with Crippen molar-refractivity contribution in [3.63, 3.8) is 0 Å². The van der Waals surface area contributed by atoms with Crippen molar-refractivity contribution >= 4 is 38.6 Å². The van der Waals surface area contributed by atoms with Crippen LogP contribution in [0, 0.1) is 0 Å². The Kier molecular flexibility index (Phi) is 5.73. The number of benzene rings is 2. The summed E-state index contributed by atoms with van der Waals surface area (Å²) < 4.78 is 4.48. The largest absolute Gasteiger partial charge is 0.481 e. The van der Waals surface area contributed by atoms with Gasteiger partial charge in [0.25, 0.3) is 0 Å². The smallest absolute Gasteiger partial charge is 0.329 e. The van der Waals surface area contributed by atoms with E-state index in [0.29, 0.717) is 13.0 Å². The van der Waals surface area contributed by atoms with Crippen LogP contribution in [0.3, 0.4) is 0 Å². The highest BCUT2D eigenvalue weighted by molar-refractivity contribution is 9.10. The number of carboxylic acid groups (broad SMARTS) is 1. The highest BCUT2D eigenvalue weighted by Gasteiger charge is 2.24. The third-order valence-corrected chi connectivity index (χ3v) is 6.44. The number of anilines is 1. The Morgan fingerprint density at radius 2 is 1.97 bits per heavy atom. The van der Waals surface area contributed by atoms with Crippen LogP contribution in [0.4, 0.5) is 5.69 Å². The highest BCUT2D eigenvalue weighted by Crippen LogP contribution is 2.34. The van der Waals surface area contributed by atoms with E-state index in [1.165, 1.54) is 11.3 Å². The van der Waals surface area contributed by atoms with Gasteiger partial charge in [-0.3, -0.25) is 13.9 Å². The maximum absolute atomic E-state index is 13.6. The molecule has 1 unspecified atom stereocenters. The maximum Gasteiger partial charge on any atom is 0.329 e. The molecular formula is C23H26BrN3O3. The van der Waals surface area contributed by atoms with Crippen molar-refractivity contribution in [2.75, 3.05) is 18.5 Å². The molecule has 1 aliphatic rings. The van der Waals surface area contributed by atoms with Crippen LogP contribution in [-0.4, -0.2) is 33.8 Å². The highest BCUT2D eigenvalue weighted by atomic mass is 79.9. The topological polar surface area (TPSA) is 67.5 Å². The summed E-state index contributed by atoms with van der Waals surface area (Å²) in [7, 11) is 2.08. The first-order valence-electron chi connectivity index (χ1n) is 10.3. The number of imidazole rings is 1. The Morgan fingerprint density at radius 3 is 2.67 bits per heavy atom. The molecule has 0 saturated heterocycles. The standard InChI is InChI=1S/C23H26BrN3O3/c1-3-6-17(13-22(28)29)27-20-8-5-4-7-19(20)26(23(27)30)14-15-11-16(24)12-21-18(15)9-10-25(21)2/h4-5,7-8,11-12,17H,3,6,9-10,13-14H2,1-2H3,(H,28,29). The van der Waals surface area contributed by atoms with Crippen LogP contribution in [0.5, 0.6) is 0 Å². The predicted molar refractivity (Wildman–Crippen MR) is 123 cm³/mol. The zero-order valence-corrected chi connectivity index (χ0v) is 18.9. The number of para-hydroxylation sites is 2. The summed E-state index contributed by atoms with van der Waals surface area (Å²) in [5.74, 6) is -0.884. The number of carboxylic acids is 1. The Hall–Kier alpha value is -2.54. The molecule has 0 amide bonds. The van der Waals surface area contributed by atoms with Crippen molar-refractivity contribution in [1.29, 1.82) is 0 Å². The molecule has 1 atom stereocenters. The van der Waals surface area contributed by atoms with Crippen LogP contribution in [0.25, 0.3) is 11.0 Å². The van der Waals surface area contributed by atoms with Gasteiger partial charge in [-0.2, -0.15) is 0 Å². The van der Waals surface area contributed by atoms with Crippen LogP contribution in [-0.2, 0) is 17.8 Å². The monoisotopic (exact) mass is 471 g/mol. The average Bonchev–Trinajstić information content (AvgIpc) is 3.19. The third kappa shape index (κ3) is 3.67. The van der Waals surface area contributed by atoms with Crippen LogP contribution < -0.4 is 10.6 Å². The number of hydrogen-bond acceptors (Lipinski definition) is 3. The fourth-order valence-electron chi connectivity index (χ4n) is 4.61. The van der Waals surface area contributed by atoms with Crippen LogP contribution in [0.2, 0.25) is 0 Å². The lowest BCUT2D eigenvalue weighted by molar-refractivity contribution is -0.137. The lowest BCUT2D eigenvalue weighted by Crippen LogP contribution is -2.29. The molecule has 4 rings (SSSR count). The minimum absolute atomic E-state index is 0.0567. The normalized spacial score (nSPS) is 14.3. The second-order valence-electron chi connectivity index (χ2n) is 8.00. The van der Waals surface area contributed by atoms with E-state index in [1.807, 2.05) is 31.2 Å². The van der Waals surface area contributed by atoms with E-state index in [4.69, 9.17) is 0 Å². The molecule has 6 nitrogen and oxygen atoms in total. The fourth-order valence-corrected chi connectivity index (χ4v) is 5.11. The summed E-state index contributed by atoms with van der Waals surface area (Å²) in [5.41, 5.74) is 5.10. The lowest BCUT2D eigenvalue weighted by atomic mass is 10.0. The minimum Gasteiger partial charge on any atom is -0.481 e. The molecule has 1 N–H and O–H groups in total. The zero-order valence-electron chi connectivity index (χ0n) is 17.3. The van der Waals surface area contributed by atoms with E-state index in [9.17, 15) is 14.7 Å². The summed E-state index contributed by atoms with van der Waals surface area (Å²) >= 11 is 3.62. The van der Waals surface area contributed by atoms with Crippen molar-refractivity contribution in [2.45, 2.75) is 45.2 Å². The van der Waals surface area contributed by atoms with Gasteiger partial charge in [0, 0.05) is 29.8 Å². The van der Waals surface area contributed by atoms with Crippen molar-refractivity contribution in [3.05, 3.63) is 62.5 Å². The van der Waals surface area contributed by atoms with Gasteiger partial charge in [-0.15, -0.1) is 0 Å². The minimum atomic E-state index is -0.884. The molecular weight excluding hydrogens is 446 g/mol. The summed E-state index contributed by atoms with van der Waals surface area (Å²) in [6.45, 7) is 3.45. The molecule has 158 valence electrons. The van der Waals surface area contributed by atoms with Crippen molar-refractivity contribution in [2.24, 2.45) is 0 Å². The predicted octanol–water partition coefficient (Wildman–Crippen LogP) is 4.42. The Morgan fingerprint density at radius 1 is 1.23 bits per heavy atom. The van der Waals surface area contributed by atoms with Crippen molar-refractivity contribution in [3.8, 4) is 0 Å². The van der Waals surface area contributed by atoms with E-state index in [-0.39, 0.29) is 18.2 Å². The van der Waals surface area contributed by atoms with Gasteiger partial charge in [-0.25, -0.2) is 4.79 Å². The summed E-state index contributed by atoms with van der Waals surface area (Å²) in [6, 6.07) is 11.6. The van der Waals surface area contributed by atoms with Crippen LogP contribution >= 0.6 is 15.9 Å². The molecule has 1 aliphatic heterocycles. The Bertz CT molecular complexity index is 1160. The Balaban J connectivity index is 1.86. The number of aliphatic carboxylic acids is 1. The van der Waals surface area contributed by atoms with Gasteiger partial charge >= 0.3 is 11.7 Å². The molecule has 0 fully saturated rings. The number of likely N-dealkylation sites (N-methyl/N-ethyl adjacent to an activating group) is 1. The van der Waals surface area contributed by atoms with Gasteiger partial charge in [0.15, 0.2) is 0 Å². The SMILES string of the molecule is CCCC(CC(=O)O)n1c(=O)n(Cc2cc(Br)cc3c2CCN3C)c2ccccc21. The molecule has 2 aromatic carbocycles. The number of nitrogens with zero attached hydrogens (tertiary/aromatic N) is 3. The first-order chi connectivity index (χ1) is 14.4. The first-order valence-corrected chi connectivity index (χ1v) is 11.1. The summed E-state index contributed by atoms with van der Waals surface area (Å²) in [5, 5.41) is 9.41. The van der Waals surface area contributed by atoms with E-state index < -0.39 is 5.97 Å². The van der Waals surface area contributed by atoms with E-state index in [1.54, 1.807) is 9.13 Å². The maximum atomic E-state index is 13.6. The molecule has 0 radical (unpaired) electrons. The van der Waals surface area contributed by atoms with Gasteiger partial charge in [-0.05, 0) is 48.2 Å². The Labute approximate surface area is 183 Å². The molecule has 1 aromatic heterocycles. The number of rotatable bonds is 7. The molecule has 3 aromatic rings. The second-order valence-corrected chi connectivity index (χ2v) is 8.92. The number of carbonyl (C=O) groups is 1. The molecule has 0 spiro atoms. The summed E-state index contributed by atoms with van der Waals surface area (Å²) in [4.78, 5) is 27.3. The number of aromatic nitrogens is 2. The molecule has 7 heteroatoms. The van der Waals surface area contributed by atoms with Crippen molar-refractivity contribution in [1.82, 2.24) is 9.13 Å². The van der Waals surface area contributed by atoms with E-state index in [2.05, 4.69) is 40.0 Å². The van der Waals surface area contributed by atoms with Gasteiger partial charge in [0.05, 0.1) is 24.0 Å². The number of halogens is 1. The molecule has 0 saturated carbocycles. The van der Waals surface area contributed by atoms with Crippen molar-refractivity contribution < 1.29 is 9.90 Å². The van der Waals surface area contributed by atoms with Gasteiger partial charge < -0.3 is 10.0 Å². The fraction of sp³-hybridized carbons (Fsp3) is 0.391. The van der Waals surface area contributed by atoms with Gasteiger partial charge in [0.1, 0.15) is 0 Å². The summed E-state index contributed by atoms with van der Waals surface area (Å²) in [6.07, 6.45) is 2.37. The number of fused-ring (bicyclic) bond motifs is 2. The van der Waals surface area contributed by atoms with E-state index >= 15 is 0 Å². The molecule has 0 aliphatic carbocycles. The second kappa shape index (κ2) is 8.30. The van der Waals surface area contributed by atoms with Gasteiger partial charge in [-0.1, -0.05) is 41.4 Å². The average molecular weight is 472 g/mol. The quantitative estimate of drug-likeness (QED) is 0.553.